The summed E-state index contributed by atoms with van der Waals surface area (Å²) in [6.45, 7) is 2.03. The molecule has 1 N–H and O–H groups in total. The lowest BCUT2D eigenvalue weighted by molar-refractivity contribution is 1.33. The van der Waals surface area contributed by atoms with Gasteiger partial charge >= 0.3 is 0 Å². The van der Waals surface area contributed by atoms with Gasteiger partial charge in [0.05, 0.1) is 0 Å². The van der Waals surface area contributed by atoms with Gasteiger partial charge in [0.2, 0.25) is 0 Å². The zero-order valence-corrected chi connectivity index (χ0v) is 6.26. The Kier molecular flexibility index (Phi) is 1.25. The van der Waals surface area contributed by atoms with Crippen molar-refractivity contribution < 1.29 is 0 Å². The molecule has 0 aliphatic rings. The summed E-state index contributed by atoms with van der Waals surface area (Å²) in [6, 6.07) is 1.92. The molecule has 0 aliphatic carbocycles. The molecule has 0 bridgehead atoms. The van der Waals surface area contributed by atoms with Gasteiger partial charge in [-0.1, -0.05) is 11.5 Å². The topological polar surface area (TPSA) is 28.7 Å². The summed E-state index contributed by atoms with van der Waals surface area (Å²) in [5, 5.41) is 1.10. The minimum atomic E-state index is 0.709. The van der Waals surface area contributed by atoms with Crippen molar-refractivity contribution in [3.63, 3.8) is 0 Å². The monoisotopic (exact) mass is 142 g/mol. The van der Waals surface area contributed by atoms with E-state index in [0.29, 0.717) is 5.46 Å². The highest BCUT2D eigenvalue weighted by atomic mass is 14.8. The Labute approximate surface area is 66.1 Å². The molecule has 0 spiro atoms. The fourth-order valence-electron chi connectivity index (χ4n) is 1.15. The molecular formula is C8H7BN2. The van der Waals surface area contributed by atoms with Crippen LogP contribution in [0.2, 0.25) is 0 Å². The van der Waals surface area contributed by atoms with Gasteiger partial charge < -0.3 is 4.98 Å². The lowest BCUT2D eigenvalue weighted by atomic mass is 9.97. The summed E-state index contributed by atoms with van der Waals surface area (Å²) in [5.74, 6) is 0. The molecule has 0 aromatic carbocycles. The van der Waals surface area contributed by atoms with E-state index in [2.05, 4.69) is 9.97 Å². The molecule has 0 saturated heterocycles. The second-order valence-corrected chi connectivity index (χ2v) is 2.64. The van der Waals surface area contributed by atoms with E-state index in [0.717, 1.165) is 11.0 Å². The van der Waals surface area contributed by atoms with Gasteiger partial charge in [0.1, 0.15) is 13.5 Å². The molecule has 2 aromatic rings. The lowest BCUT2D eigenvalue weighted by Gasteiger charge is -1.92. The van der Waals surface area contributed by atoms with Crippen molar-refractivity contribution >= 4 is 24.3 Å². The number of rotatable bonds is 0. The molecule has 2 heterocycles. The number of H-pyrrole nitrogens is 1. The number of fused-ring (bicyclic) bond motifs is 1. The average Bonchev–Trinajstić information content (AvgIpc) is 2.33. The zero-order chi connectivity index (χ0) is 7.84. The van der Waals surface area contributed by atoms with Crippen LogP contribution in [0.25, 0.3) is 11.0 Å². The first-order valence-corrected chi connectivity index (χ1v) is 3.46. The number of pyridine rings is 1. The van der Waals surface area contributed by atoms with E-state index in [9.17, 15) is 0 Å². The number of aromatic amines is 1. The van der Waals surface area contributed by atoms with Crippen LogP contribution < -0.4 is 5.46 Å². The van der Waals surface area contributed by atoms with Gasteiger partial charge in [-0.25, -0.2) is 4.98 Å². The molecule has 2 nitrogen and oxygen atoms in total. The average molecular weight is 142 g/mol. The second-order valence-electron chi connectivity index (χ2n) is 2.64. The van der Waals surface area contributed by atoms with Gasteiger partial charge in [0.25, 0.3) is 0 Å². The van der Waals surface area contributed by atoms with Crippen LogP contribution in [0.15, 0.2) is 18.5 Å². The first kappa shape index (κ1) is 6.46. The first-order chi connectivity index (χ1) is 5.27. The Bertz CT molecular complexity index is 392. The van der Waals surface area contributed by atoms with Crippen molar-refractivity contribution in [3.8, 4) is 0 Å². The van der Waals surface area contributed by atoms with Gasteiger partial charge in [0.15, 0.2) is 0 Å². The van der Waals surface area contributed by atoms with E-state index in [-0.39, 0.29) is 0 Å². The molecule has 0 fully saturated rings. The molecule has 2 rings (SSSR count). The Hall–Kier alpha value is -1.25. The third kappa shape index (κ3) is 0.927. The summed E-state index contributed by atoms with van der Waals surface area (Å²) in [6.07, 6.45) is 3.58. The number of hydrogen-bond acceptors (Lipinski definition) is 1. The van der Waals surface area contributed by atoms with Gasteiger partial charge in [0, 0.05) is 17.8 Å². The van der Waals surface area contributed by atoms with Crippen LogP contribution in [0.5, 0.6) is 0 Å². The van der Waals surface area contributed by atoms with Crippen molar-refractivity contribution in [2.75, 3.05) is 0 Å². The van der Waals surface area contributed by atoms with Crippen LogP contribution in [0.3, 0.4) is 0 Å². The summed E-state index contributed by atoms with van der Waals surface area (Å²) < 4.78 is 0. The number of hydrogen-bond donors (Lipinski definition) is 1. The van der Waals surface area contributed by atoms with E-state index < -0.39 is 0 Å². The van der Waals surface area contributed by atoms with E-state index >= 15 is 0 Å². The van der Waals surface area contributed by atoms with Gasteiger partial charge in [-0.15, -0.1) is 0 Å². The maximum Gasteiger partial charge on any atom is 0.137 e. The van der Waals surface area contributed by atoms with Crippen molar-refractivity contribution in [1.29, 1.82) is 0 Å². The third-order valence-corrected chi connectivity index (χ3v) is 1.76. The Balaban J connectivity index is 2.87. The van der Waals surface area contributed by atoms with E-state index in [1.807, 2.05) is 19.2 Å². The number of aryl methyl sites for hydroxylation is 1. The van der Waals surface area contributed by atoms with Crippen LogP contribution in [0.1, 0.15) is 5.56 Å². The van der Waals surface area contributed by atoms with Crippen molar-refractivity contribution in [1.82, 2.24) is 9.97 Å². The minimum Gasteiger partial charge on any atom is -0.346 e. The highest BCUT2D eigenvalue weighted by molar-refractivity contribution is 6.32. The van der Waals surface area contributed by atoms with Crippen molar-refractivity contribution in [2.45, 2.75) is 6.92 Å². The van der Waals surface area contributed by atoms with Crippen LogP contribution in [0, 0.1) is 6.92 Å². The van der Waals surface area contributed by atoms with Crippen LogP contribution >= 0.6 is 0 Å². The van der Waals surface area contributed by atoms with Crippen molar-refractivity contribution in [2.24, 2.45) is 0 Å². The Morgan fingerprint density at radius 3 is 3.18 bits per heavy atom. The van der Waals surface area contributed by atoms with Gasteiger partial charge in [-0.05, 0) is 12.5 Å². The van der Waals surface area contributed by atoms with Gasteiger partial charge in [-0.2, -0.15) is 0 Å². The Morgan fingerprint density at radius 1 is 1.55 bits per heavy atom. The molecule has 0 atom stereocenters. The number of aromatic nitrogens is 2. The predicted octanol–water partition coefficient (Wildman–Crippen LogP) is 0.665. The highest BCUT2D eigenvalue weighted by Crippen LogP contribution is 2.12. The smallest absolute Gasteiger partial charge is 0.137 e. The predicted molar refractivity (Wildman–Crippen MR) is 46.2 cm³/mol. The molecule has 0 aliphatic heterocycles. The van der Waals surface area contributed by atoms with E-state index in [4.69, 9.17) is 7.85 Å². The quantitative estimate of drug-likeness (QED) is 0.538. The summed E-state index contributed by atoms with van der Waals surface area (Å²) in [5.41, 5.74) is 2.79. The molecule has 11 heavy (non-hydrogen) atoms. The number of nitrogens with one attached hydrogen (secondary N) is 1. The van der Waals surface area contributed by atoms with E-state index in [1.165, 1.54) is 5.56 Å². The molecule has 3 heteroatoms. The fraction of sp³-hybridized carbons (Fsp3) is 0.125. The summed E-state index contributed by atoms with van der Waals surface area (Å²) in [7, 11) is 5.58. The highest BCUT2D eigenvalue weighted by Gasteiger charge is 1.98. The molecule has 2 radical (unpaired) electrons. The normalized spacial score (nSPS) is 10.6. The first-order valence-electron chi connectivity index (χ1n) is 3.46. The zero-order valence-electron chi connectivity index (χ0n) is 6.26. The van der Waals surface area contributed by atoms with Crippen LogP contribution in [-0.4, -0.2) is 17.8 Å². The molecule has 2 aromatic heterocycles. The van der Waals surface area contributed by atoms with E-state index in [1.54, 1.807) is 6.20 Å². The van der Waals surface area contributed by atoms with Crippen molar-refractivity contribution in [3.05, 3.63) is 24.0 Å². The Morgan fingerprint density at radius 2 is 2.36 bits per heavy atom. The fourth-order valence-corrected chi connectivity index (χ4v) is 1.15. The van der Waals surface area contributed by atoms with Gasteiger partial charge in [-0.3, -0.25) is 0 Å². The minimum absolute atomic E-state index is 0.709. The molecule has 0 unspecified atom stereocenters. The molecule has 0 saturated carbocycles. The summed E-state index contributed by atoms with van der Waals surface area (Å²) >= 11 is 0. The second kappa shape index (κ2) is 2.12. The van der Waals surface area contributed by atoms with Crippen LogP contribution in [-0.2, 0) is 0 Å². The standard InChI is InChI=1S/C8H7BN2/c1-5-3-10-8-7(5)2-6(9)4-11-8/h2-4H,1H3,(H,10,11). The largest absolute Gasteiger partial charge is 0.346 e. The molecule has 52 valence electrons. The maximum absolute atomic E-state index is 5.58. The summed E-state index contributed by atoms with van der Waals surface area (Å²) in [4.78, 5) is 7.17. The maximum atomic E-state index is 5.58. The van der Waals surface area contributed by atoms with Crippen LogP contribution in [0.4, 0.5) is 0 Å². The SMILES string of the molecule is [B]c1cnc2[nH]cc(C)c2c1. The molecular weight excluding hydrogens is 135 g/mol. The lowest BCUT2D eigenvalue weighted by Crippen LogP contribution is -2.01. The number of nitrogens with zero attached hydrogens (tertiary/aromatic N) is 1. The molecule has 0 amide bonds. The third-order valence-electron chi connectivity index (χ3n) is 1.76.